The average molecular weight is 289 g/mol. The minimum absolute atomic E-state index is 0.659. The van der Waals surface area contributed by atoms with Gasteiger partial charge in [0.2, 0.25) is 0 Å². The van der Waals surface area contributed by atoms with Crippen molar-refractivity contribution in [1.29, 1.82) is 0 Å². The number of rotatable bonds is 3. The van der Waals surface area contributed by atoms with Gasteiger partial charge in [0.25, 0.3) is 0 Å². The van der Waals surface area contributed by atoms with Crippen LogP contribution in [0.15, 0.2) is 18.2 Å². The van der Waals surface area contributed by atoms with Crippen LogP contribution in [0.4, 0.5) is 0 Å². The van der Waals surface area contributed by atoms with E-state index in [9.17, 15) is 0 Å². The Kier molecular flexibility index (Phi) is 4.69. The lowest BCUT2D eigenvalue weighted by Crippen LogP contribution is -2.35. The number of ether oxygens (including phenoxy) is 2. The molecule has 1 aliphatic carbocycles. The zero-order chi connectivity index (χ0) is 14.7. The molecule has 0 radical (unpaired) electrons. The Hall–Kier alpha value is -1.22. The fourth-order valence-electron chi connectivity index (χ4n) is 3.31. The van der Waals surface area contributed by atoms with Gasteiger partial charge in [-0.15, -0.1) is 0 Å². The second kappa shape index (κ2) is 6.69. The van der Waals surface area contributed by atoms with E-state index in [1.807, 2.05) is 6.07 Å². The van der Waals surface area contributed by atoms with Gasteiger partial charge in [-0.05, 0) is 48.8 Å². The van der Waals surface area contributed by atoms with Crippen LogP contribution in [0.5, 0.6) is 11.5 Å². The smallest absolute Gasteiger partial charge is 0.161 e. The predicted molar refractivity (Wildman–Crippen MR) is 84.9 cm³/mol. The van der Waals surface area contributed by atoms with Crippen LogP contribution in [-0.4, -0.2) is 19.3 Å². The molecule has 0 amide bonds. The summed E-state index contributed by atoms with van der Waals surface area (Å²) in [6.45, 7) is 7.18. The molecule has 1 fully saturated rings. The summed E-state index contributed by atoms with van der Waals surface area (Å²) in [5, 5.41) is 3.71. The van der Waals surface area contributed by atoms with E-state index >= 15 is 0 Å². The zero-order valence-corrected chi connectivity index (χ0v) is 13.2. The van der Waals surface area contributed by atoms with Crippen LogP contribution in [0.2, 0.25) is 0 Å². The summed E-state index contributed by atoms with van der Waals surface area (Å²) >= 11 is 0. The second-order valence-electron chi connectivity index (χ2n) is 6.68. The van der Waals surface area contributed by atoms with Gasteiger partial charge in [-0.1, -0.05) is 19.9 Å². The molecule has 0 saturated heterocycles. The highest BCUT2D eigenvalue weighted by Gasteiger charge is 2.24. The van der Waals surface area contributed by atoms with Crippen molar-refractivity contribution in [3.05, 3.63) is 23.8 Å². The molecule has 0 spiro atoms. The van der Waals surface area contributed by atoms with Crippen molar-refractivity contribution in [2.24, 2.45) is 11.8 Å². The SMILES string of the molecule is CC1CCC(NCc2ccc3c(c2)OCCCO3)CC1C. The van der Waals surface area contributed by atoms with Crippen LogP contribution in [0.1, 0.15) is 45.1 Å². The van der Waals surface area contributed by atoms with Gasteiger partial charge in [-0.2, -0.15) is 0 Å². The quantitative estimate of drug-likeness (QED) is 0.919. The van der Waals surface area contributed by atoms with Crippen LogP contribution in [0, 0.1) is 11.8 Å². The maximum atomic E-state index is 5.76. The highest BCUT2D eigenvalue weighted by atomic mass is 16.5. The van der Waals surface area contributed by atoms with Gasteiger partial charge >= 0.3 is 0 Å². The van der Waals surface area contributed by atoms with Crippen molar-refractivity contribution in [2.75, 3.05) is 13.2 Å². The normalized spacial score (nSPS) is 29.0. The Morgan fingerprint density at radius 1 is 1.05 bits per heavy atom. The summed E-state index contributed by atoms with van der Waals surface area (Å²) in [5.41, 5.74) is 1.28. The van der Waals surface area contributed by atoms with E-state index in [1.165, 1.54) is 24.8 Å². The molecular weight excluding hydrogens is 262 g/mol. The molecule has 2 aliphatic rings. The van der Waals surface area contributed by atoms with E-state index in [0.717, 1.165) is 49.5 Å². The summed E-state index contributed by atoms with van der Waals surface area (Å²) in [5.74, 6) is 3.50. The first-order valence-electron chi connectivity index (χ1n) is 8.34. The van der Waals surface area contributed by atoms with Crippen molar-refractivity contribution in [3.8, 4) is 11.5 Å². The predicted octanol–water partition coefficient (Wildman–Crippen LogP) is 3.76. The first-order chi connectivity index (χ1) is 10.2. The number of nitrogens with one attached hydrogen (secondary N) is 1. The first-order valence-corrected chi connectivity index (χ1v) is 8.34. The Labute approximate surface area is 128 Å². The molecule has 3 unspecified atom stereocenters. The Bertz CT molecular complexity index is 474. The Morgan fingerprint density at radius 3 is 2.67 bits per heavy atom. The third-order valence-corrected chi connectivity index (χ3v) is 5.00. The highest BCUT2D eigenvalue weighted by Crippen LogP contribution is 2.31. The Balaban J connectivity index is 1.57. The molecule has 1 heterocycles. The molecule has 21 heavy (non-hydrogen) atoms. The second-order valence-corrected chi connectivity index (χ2v) is 6.68. The molecule has 116 valence electrons. The molecule has 3 nitrogen and oxygen atoms in total. The van der Waals surface area contributed by atoms with E-state index in [1.54, 1.807) is 0 Å². The third kappa shape index (κ3) is 3.70. The number of benzene rings is 1. The van der Waals surface area contributed by atoms with E-state index in [4.69, 9.17) is 9.47 Å². The molecule has 1 aliphatic heterocycles. The van der Waals surface area contributed by atoms with Gasteiger partial charge in [0, 0.05) is 19.0 Å². The summed E-state index contributed by atoms with van der Waals surface area (Å²) in [4.78, 5) is 0. The van der Waals surface area contributed by atoms with Gasteiger partial charge in [-0.3, -0.25) is 0 Å². The van der Waals surface area contributed by atoms with Gasteiger partial charge in [0.1, 0.15) is 0 Å². The summed E-state index contributed by atoms with van der Waals surface area (Å²) in [6, 6.07) is 6.98. The van der Waals surface area contributed by atoms with Crippen LogP contribution < -0.4 is 14.8 Å². The van der Waals surface area contributed by atoms with Crippen molar-refractivity contribution >= 4 is 0 Å². The lowest BCUT2D eigenvalue weighted by atomic mass is 9.79. The molecule has 3 heteroatoms. The molecule has 0 aromatic heterocycles. The fourth-order valence-corrected chi connectivity index (χ4v) is 3.31. The molecule has 1 N–H and O–H groups in total. The topological polar surface area (TPSA) is 30.5 Å². The lowest BCUT2D eigenvalue weighted by molar-refractivity contribution is 0.225. The van der Waals surface area contributed by atoms with Crippen LogP contribution in [0.25, 0.3) is 0 Å². The molecule has 1 aromatic carbocycles. The summed E-state index contributed by atoms with van der Waals surface area (Å²) in [7, 11) is 0. The third-order valence-electron chi connectivity index (χ3n) is 5.00. The number of hydrogen-bond acceptors (Lipinski definition) is 3. The monoisotopic (exact) mass is 289 g/mol. The maximum Gasteiger partial charge on any atom is 0.161 e. The van der Waals surface area contributed by atoms with Crippen molar-refractivity contribution in [1.82, 2.24) is 5.32 Å². The lowest BCUT2D eigenvalue weighted by Gasteiger charge is -2.32. The van der Waals surface area contributed by atoms with Crippen molar-refractivity contribution in [2.45, 2.75) is 52.1 Å². The molecule has 3 rings (SSSR count). The first kappa shape index (κ1) is 14.7. The highest BCUT2D eigenvalue weighted by molar-refractivity contribution is 5.43. The van der Waals surface area contributed by atoms with E-state index in [0.29, 0.717) is 6.04 Å². The maximum absolute atomic E-state index is 5.76. The number of hydrogen-bond donors (Lipinski definition) is 1. The molecule has 3 atom stereocenters. The van der Waals surface area contributed by atoms with Crippen LogP contribution in [-0.2, 0) is 6.54 Å². The van der Waals surface area contributed by atoms with Gasteiger partial charge in [-0.25, -0.2) is 0 Å². The molecular formula is C18H27NO2. The van der Waals surface area contributed by atoms with E-state index < -0.39 is 0 Å². The van der Waals surface area contributed by atoms with Crippen molar-refractivity contribution < 1.29 is 9.47 Å². The van der Waals surface area contributed by atoms with E-state index in [2.05, 4.69) is 31.3 Å². The molecule has 1 saturated carbocycles. The fraction of sp³-hybridized carbons (Fsp3) is 0.667. The zero-order valence-electron chi connectivity index (χ0n) is 13.2. The number of fused-ring (bicyclic) bond motifs is 1. The molecule has 1 aromatic rings. The summed E-state index contributed by atoms with van der Waals surface area (Å²) in [6.07, 6.45) is 4.90. The standard InChI is InChI=1S/C18H27NO2/c1-13-4-6-16(10-14(13)2)19-12-15-5-7-17-18(11-15)21-9-3-8-20-17/h5,7,11,13-14,16,19H,3-4,6,8-10,12H2,1-2H3. The van der Waals surface area contributed by atoms with Gasteiger partial charge in [0.05, 0.1) is 13.2 Å². The Morgan fingerprint density at radius 2 is 1.86 bits per heavy atom. The van der Waals surface area contributed by atoms with Crippen molar-refractivity contribution in [3.63, 3.8) is 0 Å². The van der Waals surface area contributed by atoms with Crippen LogP contribution in [0.3, 0.4) is 0 Å². The molecule has 0 bridgehead atoms. The largest absolute Gasteiger partial charge is 0.490 e. The van der Waals surface area contributed by atoms with E-state index in [-0.39, 0.29) is 0 Å². The van der Waals surface area contributed by atoms with Gasteiger partial charge < -0.3 is 14.8 Å². The summed E-state index contributed by atoms with van der Waals surface area (Å²) < 4.78 is 11.4. The van der Waals surface area contributed by atoms with Crippen LogP contribution >= 0.6 is 0 Å². The minimum Gasteiger partial charge on any atom is -0.490 e. The average Bonchev–Trinajstić information content (AvgIpc) is 2.73. The van der Waals surface area contributed by atoms with Gasteiger partial charge in [0.15, 0.2) is 11.5 Å². The minimum atomic E-state index is 0.659.